The second kappa shape index (κ2) is 7.71. The summed E-state index contributed by atoms with van der Waals surface area (Å²) in [5, 5.41) is 6.28. The van der Waals surface area contributed by atoms with Gasteiger partial charge in [-0.1, -0.05) is 0 Å². The van der Waals surface area contributed by atoms with Gasteiger partial charge in [0.2, 0.25) is 5.91 Å². The molecule has 0 radical (unpaired) electrons. The lowest BCUT2D eigenvalue weighted by atomic mass is 10.2. The van der Waals surface area contributed by atoms with Crippen molar-refractivity contribution < 1.29 is 4.79 Å². The predicted molar refractivity (Wildman–Crippen MR) is 74.7 cm³/mol. The molecule has 5 heteroatoms. The molecule has 0 bridgehead atoms. The van der Waals surface area contributed by atoms with Crippen molar-refractivity contribution in [2.45, 2.75) is 32.4 Å². The second-order valence-electron chi connectivity index (χ2n) is 5.57. The van der Waals surface area contributed by atoms with Crippen LogP contribution in [0.5, 0.6) is 0 Å². The minimum atomic E-state index is 0.131. The molecule has 0 spiro atoms. The van der Waals surface area contributed by atoms with Gasteiger partial charge in [0.15, 0.2) is 0 Å². The maximum absolute atomic E-state index is 11.5. The Balaban J connectivity index is 2.11. The topological polar surface area (TPSA) is 47.6 Å². The first kappa shape index (κ1) is 15.4. The fourth-order valence-corrected chi connectivity index (χ4v) is 2.19. The molecule has 106 valence electrons. The Labute approximate surface area is 111 Å². The van der Waals surface area contributed by atoms with Crippen LogP contribution in [0.1, 0.15) is 20.3 Å². The maximum atomic E-state index is 11.5. The molecule has 1 fully saturated rings. The zero-order valence-corrected chi connectivity index (χ0v) is 12.2. The van der Waals surface area contributed by atoms with Crippen molar-refractivity contribution in [1.29, 1.82) is 0 Å². The molecular weight excluding hydrogens is 228 g/mol. The molecule has 5 nitrogen and oxygen atoms in total. The van der Waals surface area contributed by atoms with Gasteiger partial charge < -0.3 is 15.5 Å². The fourth-order valence-electron chi connectivity index (χ4n) is 2.19. The number of hydrogen-bond acceptors (Lipinski definition) is 4. The first-order valence-corrected chi connectivity index (χ1v) is 6.88. The van der Waals surface area contributed by atoms with E-state index in [1.807, 2.05) is 13.8 Å². The Morgan fingerprint density at radius 3 is 2.72 bits per heavy atom. The molecule has 0 aromatic carbocycles. The molecule has 0 saturated carbocycles. The van der Waals surface area contributed by atoms with E-state index >= 15 is 0 Å². The largest absolute Gasteiger partial charge is 0.354 e. The van der Waals surface area contributed by atoms with Crippen molar-refractivity contribution in [3.8, 4) is 0 Å². The van der Waals surface area contributed by atoms with E-state index in [0.717, 1.165) is 32.7 Å². The van der Waals surface area contributed by atoms with Gasteiger partial charge in [0.1, 0.15) is 0 Å². The molecule has 0 aromatic rings. The van der Waals surface area contributed by atoms with Crippen LogP contribution in [0.15, 0.2) is 0 Å². The van der Waals surface area contributed by atoms with Crippen molar-refractivity contribution in [2.75, 3.05) is 46.8 Å². The number of piperazine rings is 1. The van der Waals surface area contributed by atoms with Crippen LogP contribution in [-0.2, 0) is 4.79 Å². The molecule has 1 unspecified atom stereocenters. The third-order valence-electron chi connectivity index (χ3n) is 3.34. The van der Waals surface area contributed by atoms with Gasteiger partial charge in [-0.2, -0.15) is 0 Å². The minimum Gasteiger partial charge on any atom is -0.354 e. The number of amides is 1. The average molecular weight is 256 g/mol. The van der Waals surface area contributed by atoms with Crippen LogP contribution in [0.2, 0.25) is 0 Å². The molecular formula is C13H28N4O. The number of rotatable bonds is 6. The van der Waals surface area contributed by atoms with Gasteiger partial charge in [-0.3, -0.25) is 9.69 Å². The summed E-state index contributed by atoms with van der Waals surface area (Å²) < 4.78 is 0. The van der Waals surface area contributed by atoms with Crippen molar-refractivity contribution in [1.82, 2.24) is 20.4 Å². The van der Waals surface area contributed by atoms with Crippen LogP contribution in [0.3, 0.4) is 0 Å². The molecule has 1 heterocycles. The van der Waals surface area contributed by atoms with Gasteiger partial charge in [0, 0.05) is 51.2 Å². The van der Waals surface area contributed by atoms with Crippen LogP contribution in [0.25, 0.3) is 0 Å². The fraction of sp³-hybridized carbons (Fsp3) is 0.923. The summed E-state index contributed by atoms with van der Waals surface area (Å²) in [5.41, 5.74) is 0. The van der Waals surface area contributed by atoms with Gasteiger partial charge in [-0.15, -0.1) is 0 Å². The molecule has 2 N–H and O–H groups in total. The van der Waals surface area contributed by atoms with Crippen LogP contribution in [0, 0.1) is 0 Å². The molecule has 1 saturated heterocycles. The highest BCUT2D eigenvalue weighted by atomic mass is 16.1. The number of hydrogen-bond donors (Lipinski definition) is 2. The Kier molecular flexibility index (Phi) is 6.60. The van der Waals surface area contributed by atoms with E-state index in [2.05, 4.69) is 34.5 Å². The van der Waals surface area contributed by atoms with Crippen LogP contribution < -0.4 is 10.6 Å². The molecule has 18 heavy (non-hydrogen) atoms. The lowest BCUT2D eigenvalue weighted by molar-refractivity contribution is -0.121. The van der Waals surface area contributed by atoms with Gasteiger partial charge in [0.05, 0.1) is 0 Å². The zero-order valence-electron chi connectivity index (χ0n) is 12.2. The third-order valence-corrected chi connectivity index (χ3v) is 3.34. The molecule has 1 rings (SSSR count). The summed E-state index contributed by atoms with van der Waals surface area (Å²) in [5.74, 6) is 0.131. The Hall–Kier alpha value is -0.650. The second-order valence-corrected chi connectivity index (χ2v) is 5.57. The van der Waals surface area contributed by atoms with Gasteiger partial charge >= 0.3 is 0 Å². The van der Waals surface area contributed by atoms with E-state index in [4.69, 9.17) is 0 Å². The summed E-state index contributed by atoms with van der Waals surface area (Å²) in [4.78, 5) is 16.2. The van der Waals surface area contributed by atoms with Gasteiger partial charge in [-0.25, -0.2) is 0 Å². The Morgan fingerprint density at radius 2 is 2.06 bits per heavy atom. The number of carbonyl (C=O) groups is 1. The van der Waals surface area contributed by atoms with E-state index in [1.165, 1.54) is 0 Å². The van der Waals surface area contributed by atoms with Crippen molar-refractivity contribution in [2.24, 2.45) is 0 Å². The summed E-state index contributed by atoms with van der Waals surface area (Å²) >= 11 is 0. The van der Waals surface area contributed by atoms with Crippen LogP contribution in [-0.4, -0.2) is 74.6 Å². The van der Waals surface area contributed by atoms with E-state index in [9.17, 15) is 4.79 Å². The van der Waals surface area contributed by atoms with E-state index in [1.54, 1.807) is 0 Å². The molecule has 1 atom stereocenters. The monoisotopic (exact) mass is 256 g/mol. The standard InChI is InChI=1S/C13H28N4O/c1-11(2)15-13(18)5-6-14-9-12-10-16(3)7-8-17(12)4/h11-12,14H,5-10H2,1-4H3,(H,15,18). The quantitative estimate of drug-likeness (QED) is 0.643. The van der Waals surface area contributed by atoms with Crippen LogP contribution >= 0.6 is 0 Å². The van der Waals surface area contributed by atoms with Crippen molar-refractivity contribution >= 4 is 5.91 Å². The first-order valence-electron chi connectivity index (χ1n) is 6.88. The lowest BCUT2D eigenvalue weighted by Crippen LogP contribution is -2.53. The highest BCUT2D eigenvalue weighted by Crippen LogP contribution is 2.04. The minimum absolute atomic E-state index is 0.131. The molecule has 1 aliphatic heterocycles. The number of carbonyl (C=O) groups excluding carboxylic acids is 1. The van der Waals surface area contributed by atoms with Crippen molar-refractivity contribution in [3.63, 3.8) is 0 Å². The summed E-state index contributed by atoms with van der Waals surface area (Å²) in [6.45, 7) is 9.04. The average Bonchev–Trinajstić information content (AvgIpc) is 2.28. The normalized spacial score (nSPS) is 22.4. The summed E-state index contributed by atoms with van der Waals surface area (Å²) in [7, 11) is 4.33. The van der Waals surface area contributed by atoms with Crippen molar-refractivity contribution in [3.05, 3.63) is 0 Å². The molecule has 0 aliphatic carbocycles. The Bertz CT molecular complexity index is 257. The smallest absolute Gasteiger partial charge is 0.221 e. The zero-order chi connectivity index (χ0) is 13.5. The molecule has 1 aliphatic rings. The van der Waals surface area contributed by atoms with E-state index in [-0.39, 0.29) is 11.9 Å². The molecule has 0 aromatic heterocycles. The van der Waals surface area contributed by atoms with Gasteiger partial charge in [-0.05, 0) is 27.9 Å². The SMILES string of the molecule is CC(C)NC(=O)CCNCC1CN(C)CCN1C. The first-order chi connectivity index (χ1) is 8.49. The Morgan fingerprint density at radius 1 is 1.33 bits per heavy atom. The number of likely N-dealkylation sites (N-methyl/N-ethyl adjacent to an activating group) is 2. The van der Waals surface area contributed by atoms with E-state index in [0.29, 0.717) is 12.5 Å². The summed E-state index contributed by atoms with van der Waals surface area (Å²) in [6.07, 6.45) is 0.560. The van der Waals surface area contributed by atoms with E-state index < -0.39 is 0 Å². The number of nitrogens with one attached hydrogen (secondary N) is 2. The lowest BCUT2D eigenvalue weighted by Gasteiger charge is -2.37. The van der Waals surface area contributed by atoms with Crippen LogP contribution in [0.4, 0.5) is 0 Å². The molecule has 1 amide bonds. The highest BCUT2D eigenvalue weighted by Gasteiger charge is 2.21. The summed E-state index contributed by atoms with van der Waals surface area (Å²) in [6, 6.07) is 0.785. The highest BCUT2D eigenvalue weighted by molar-refractivity contribution is 5.76. The predicted octanol–water partition coefficient (Wildman–Crippen LogP) is -0.263. The van der Waals surface area contributed by atoms with Gasteiger partial charge in [0.25, 0.3) is 0 Å². The maximum Gasteiger partial charge on any atom is 0.221 e. The number of nitrogens with zero attached hydrogens (tertiary/aromatic N) is 2. The third kappa shape index (κ3) is 5.80.